The summed E-state index contributed by atoms with van der Waals surface area (Å²) in [4.78, 5) is 4.80. The predicted molar refractivity (Wildman–Crippen MR) is 260 cm³/mol. The van der Waals surface area contributed by atoms with Crippen LogP contribution in [-0.2, 0) is 0 Å². The summed E-state index contributed by atoms with van der Waals surface area (Å²) >= 11 is 0. The lowest BCUT2D eigenvalue weighted by Gasteiger charge is -2.31. The molecule has 0 aliphatic carbocycles. The van der Waals surface area contributed by atoms with Crippen LogP contribution in [0.5, 0.6) is 0 Å². The molecule has 0 aliphatic rings. The first kappa shape index (κ1) is 35.6. The molecule has 4 nitrogen and oxygen atoms in total. The van der Waals surface area contributed by atoms with Crippen molar-refractivity contribution >= 4 is 88.6 Å². The molecule has 0 amide bonds. The highest BCUT2D eigenvalue weighted by Crippen LogP contribution is 2.46. The van der Waals surface area contributed by atoms with Gasteiger partial charge in [0.05, 0.1) is 33.8 Å². The quantitative estimate of drug-likeness (QED) is 0.153. The number of hydrogen-bond donors (Lipinski definition) is 0. The maximum absolute atomic E-state index is 6.37. The van der Waals surface area contributed by atoms with Gasteiger partial charge in [-0.1, -0.05) is 152 Å². The third-order valence-corrected chi connectivity index (χ3v) is 12.1. The fourth-order valence-corrected chi connectivity index (χ4v) is 9.31. The highest BCUT2D eigenvalue weighted by molar-refractivity contribution is 6.10. The summed E-state index contributed by atoms with van der Waals surface area (Å²) < 4.78 is 8.79. The van der Waals surface area contributed by atoms with Gasteiger partial charge in [-0.05, 0) is 101 Å². The van der Waals surface area contributed by atoms with E-state index in [-0.39, 0.29) is 0 Å². The second-order valence-corrected chi connectivity index (χ2v) is 15.8. The molecule has 2 aromatic heterocycles. The average Bonchev–Trinajstić information content (AvgIpc) is 3.88. The topological polar surface area (TPSA) is 24.6 Å². The number of anilines is 6. The van der Waals surface area contributed by atoms with E-state index in [0.717, 1.165) is 78.3 Å². The first-order valence-corrected chi connectivity index (χ1v) is 21.1. The van der Waals surface area contributed by atoms with Gasteiger partial charge in [-0.25, -0.2) is 0 Å². The lowest BCUT2D eigenvalue weighted by atomic mass is 10.0. The Morgan fingerprint density at radius 1 is 0.306 bits per heavy atom. The number of rotatable bonds is 8. The molecule has 0 bridgehead atoms. The molecule has 0 atom stereocenters. The zero-order valence-electron chi connectivity index (χ0n) is 33.8. The van der Waals surface area contributed by atoms with Crippen LogP contribution in [0.15, 0.2) is 241 Å². The van der Waals surface area contributed by atoms with Gasteiger partial charge in [-0.15, -0.1) is 0 Å². The van der Waals surface area contributed by atoms with E-state index in [1.807, 2.05) is 12.1 Å². The zero-order valence-corrected chi connectivity index (χ0v) is 33.8. The van der Waals surface area contributed by atoms with Crippen LogP contribution in [0.3, 0.4) is 0 Å². The SMILES string of the molecule is c1ccc(-c2ccc(N(c3cc(N(c4ccccc4)c4cccc5ccccc45)cc(-n4c5ccccc5c5ccccc54)c3)c3ccc4oc5ccccc5c4c3)cc2)cc1. The van der Waals surface area contributed by atoms with E-state index in [2.05, 4.69) is 239 Å². The molecule has 0 fully saturated rings. The van der Waals surface area contributed by atoms with Crippen molar-refractivity contribution in [1.29, 1.82) is 0 Å². The Hall–Kier alpha value is -8.34. The van der Waals surface area contributed by atoms with E-state index in [9.17, 15) is 0 Å². The number of hydrogen-bond acceptors (Lipinski definition) is 3. The van der Waals surface area contributed by atoms with Gasteiger partial charge in [0.15, 0.2) is 0 Å². The molecule has 0 unspecified atom stereocenters. The summed E-state index contributed by atoms with van der Waals surface area (Å²) in [5.74, 6) is 0. The van der Waals surface area contributed by atoms with Crippen LogP contribution >= 0.6 is 0 Å². The van der Waals surface area contributed by atoms with Crippen molar-refractivity contribution < 1.29 is 4.42 Å². The predicted octanol–water partition coefficient (Wildman–Crippen LogP) is 16.4. The van der Waals surface area contributed by atoms with Crippen molar-refractivity contribution in [1.82, 2.24) is 4.57 Å². The Morgan fingerprint density at radius 3 is 1.58 bits per heavy atom. The van der Waals surface area contributed by atoms with Crippen molar-refractivity contribution in [2.45, 2.75) is 0 Å². The van der Waals surface area contributed by atoms with E-state index in [4.69, 9.17) is 4.42 Å². The Kier molecular flexibility index (Phi) is 8.46. The molecule has 10 aromatic carbocycles. The summed E-state index contributed by atoms with van der Waals surface area (Å²) in [5, 5.41) is 6.96. The molecule has 0 radical (unpaired) electrons. The van der Waals surface area contributed by atoms with Crippen LogP contribution in [0, 0.1) is 0 Å². The Balaban J connectivity index is 1.17. The summed E-state index contributed by atoms with van der Waals surface area (Å²) in [7, 11) is 0. The molecule has 0 N–H and O–H groups in total. The van der Waals surface area contributed by atoms with Gasteiger partial charge in [-0.2, -0.15) is 0 Å². The Labute approximate surface area is 359 Å². The second kappa shape index (κ2) is 14.7. The molecule has 2 heterocycles. The molecular weight excluding hydrogens is 755 g/mol. The minimum absolute atomic E-state index is 0.861. The number of para-hydroxylation sites is 4. The monoisotopic (exact) mass is 793 g/mol. The first-order valence-electron chi connectivity index (χ1n) is 21.1. The van der Waals surface area contributed by atoms with Gasteiger partial charge in [0, 0.05) is 44.0 Å². The fraction of sp³-hybridized carbons (Fsp3) is 0. The smallest absolute Gasteiger partial charge is 0.135 e. The van der Waals surface area contributed by atoms with E-state index < -0.39 is 0 Å². The third-order valence-electron chi connectivity index (χ3n) is 12.1. The van der Waals surface area contributed by atoms with Crippen molar-refractivity contribution in [2.24, 2.45) is 0 Å². The Morgan fingerprint density at radius 2 is 0.839 bits per heavy atom. The van der Waals surface area contributed by atoms with Crippen LogP contribution in [0.2, 0.25) is 0 Å². The van der Waals surface area contributed by atoms with Crippen molar-refractivity contribution in [2.75, 3.05) is 9.80 Å². The summed E-state index contributed by atoms with van der Waals surface area (Å²) in [6.45, 7) is 0. The largest absolute Gasteiger partial charge is 0.456 e. The number of benzene rings is 10. The van der Waals surface area contributed by atoms with Crippen molar-refractivity contribution in [3.05, 3.63) is 237 Å². The number of fused-ring (bicyclic) bond motifs is 7. The minimum atomic E-state index is 0.861. The van der Waals surface area contributed by atoms with Crippen LogP contribution in [0.4, 0.5) is 34.1 Å². The van der Waals surface area contributed by atoms with E-state index in [1.54, 1.807) is 0 Å². The highest BCUT2D eigenvalue weighted by Gasteiger charge is 2.23. The molecule has 12 aromatic rings. The highest BCUT2D eigenvalue weighted by atomic mass is 16.3. The molecule has 0 aliphatic heterocycles. The van der Waals surface area contributed by atoms with Crippen LogP contribution < -0.4 is 9.80 Å². The molecule has 12 rings (SSSR count). The van der Waals surface area contributed by atoms with Crippen molar-refractivity contribution in [3.8, 4) is 16.8 Å². The van der Waals surface area contributed by atoms with Gasteiger partial charge < -0.3 is 18.8 Å². The zero-order chi connectivity index (χ0) is 41.0. The summed E-state index contributed by atoms with van der Waals surface area (Å²) in [5.41, 5.74) is 13.7. The van der Waals surface area contributed by atoms with Gasteiger partial charge >= 0.3 is 0 Å². The molecule has 0 spiro atoms. The second-order valence-electron chi connectivity index (χ2n) is 15.8. The maximum Gasteiger partial charge on any atom is 0.135 e. The maximum atomic E-state index is 6.37. The molecule has 4 heteroatoms. The third kappa shape index (κ3) is 6.00. The van der Waals surface area contributed by atoms with Gasteiger partial charge in [0.1, 0.15) is 11.2 Å². The Bertz CT molecular complexity index is 3530. The fourth-order valence-electron chi connectivity index (χ4n) is 9.31. The standard InChI is InChI=1S/C58H39N3O/c1-3-16-40(17-4-1)41-30-32-44(33-31-41)59(45-34-35-58-53(39-45)52-25-11-14-29-57(52)62-58)46-36-47(38-48(37-46)61-55-26-12-9-23-50(55)51-24-10-13-27-56(51)61)60(43-20-5-2-6-21-43)54-28-15-19-42-18-7-8-22-49(42)54/h1-39H. The number of nitrogens with zero attached hydrogens (tertiary/aromatic N) is 3. The number of furan rings is 1. The molecule has 0 saturated carbocycles. The lowest BCUT2D eigenvalue weighted by molar-refractivity contribution is 0.669. The summed E-state index contributed by atoms with van der Waals surface area (Å²) in [6, 6.07) is 84.9. The minimum Gasteiger partial charge on any atom is -0.456 e. The molecule has 292 valence electrons. The van der Waals surface area contributed by atoms with Crippen LogP contribution in [-0.4, -0.2) is 4.57 Å². The molecule has 62 heavy (non-hydrogen) atoms. The normalized spacial score (nSPS) is 11.5. The molecular formula is C58H39N3O. The average molecular weight is 794 g/mol. The van der Waals surface area contributed by atoms with E-state index >= 15 is 0 Å². The summed E-state index contributed by atoms with van der Waals surface area (Å²) in [6.07, 6.45) is 0. The van der Waals surface area contributed by atoms with E-state index in [0.29, 0.717) is 0 Å². The first-order chi connectivity index (χ1) is 30.7. The molecule has 0 saturated heterocycles. The van der Waals surface area contributed by atoms with Gasteiger partial charge in [-0.3, -0.25) is 0 Å². The number of aromatic nitrogens is 1. The van der Waals surface area contributed by atoms with E-state index in [1.165, 1.54) is 27.1 Å². The van der Waals surface area contributed by atoms with Gasteiger partial charge in [0.25, 0.3) is 0 Å². The lowest BCUT2D eigenvalue weighted by Crippen LogP contribution is -2.14. The van der Waals surface area contributed by atoms with Crippen LogP contribution in [0.25, 0.3) is 71.3 Å². The van der Waals surface area contributed by atoms with Gasteiger partial charge in [0.2, 0.25) is 0 Å². The van der Waals surface area contributed by atoms with Crippen molar-refractivity contribution in [3.63, 3.8) is 0 Å². The van der Waals surface area contributed by atoms with Crippen LogP contribution in [0.1, 0.15) is 0 Å².